The zero-order valence-corrected chi connectivity index (χ0v) is 24.2. The number of phenolic OH excluding ortho intramolecular Hbond substituents is 1. The Labute approximate surface area is 235 Å². The lowest BCUT2D eigenvalue weighted by Crippen LogP contribution is -2.57. The first-order valence-electron chi connectivity index (χ1n) is 12.1. The predicted molar refractivity (Wildman–Crippen MR) is 151 cm³/mol. The van der Waals surface area contributed by atoms with E-state index in [0.29, 0.717) is 16.6 Å². The topological polar surface area (TPSA) is 134 Å². The number of halogens is 1. The van der Waals surface area contributed by atoms with Crippen LogP contribution in [0.3, 0.4) is 0 Å². The first-order valence-corrected chi connectivity index (χ1v) is 14.3. The normalized spacial score (nSPS) is 13.2. The van der Waals surface area contributed by atoms with E-state index in [0.717, 1.165) is 5.56 Å². The molecule has 38 heavy (non-hydrogen) atoms. The van der Waals surface area contributed by atoms with E-state index in [2.05, 4.69) is 31.9 Å². The summed E-state index contributed by atoms with van der Waals surface area (Å²) in [4.78, 5) is 51.9. The van der Waals surface area contributed by atoms with Gasteiger partial charge in [-0.2, -0.15) is 11.8 Å². The minimum absolute atomic E-state index is 0.00566. The molecule has 0 bridgehead atoms. The smallest absolute Gasteiger partial charge is 0.328 e. The molecule has 0 aliphatic carbocycles. The molecule has 0 aliphatic rings. The van der Waals surface area contributed by atoms with E-state index >= 15 is 0 Å². The van der Waals surface area contributed by atoms with Crippen LogP contribution in [0.2, 0.25) is 0 Å². The average Bonchev–Trinajstić information content (AvgIpc) is 2.90. The van der Waals surface area contributed by atoms with Gasteiger partial charge in [-0.05, 0) is 48.1 Å². The van der Waals surface area contributed by atoms with Gasteiger partial charge in [0, 0.05) is 10.9 Å². The maximum absolute atomic E-state index is 13.4. The molecule has 0 saturated heterocycles. The second-order valence-corrected chi connectivity index (χ2v) is 10.9. The number of hydrogen-bond donors (Lipinski definition) is 4. The van der Waals surface area contributed by atoms with Crippen molar-refractivity contribution in [3.05, 3.63) is 64.1 Å². The van der Waals surface area contributed by atoms with E-state index in [1.165, 1.54) is 31.0 Å². The summed E-state index contributed by atoms with van der Waals surface area (Å²) in [7, 11) is 1.25. The van der Waals surface area contributed by atoms with Crippen LogP contribution in [0.15, 0.2) is 53.0 Å². The van der Waals surface area contributed by atoms with Gasteiger partial charge in [0.2, 0.25) is 11.8 Å². The van der Waals surface area contributed by atoms with E-state index in [1.54, 1.807) is 19.9 Å². The Morgan fingerprint density at radius 1 is 0.974 bits per heavy atom. The zero-order valence-electron chi connectivity index (χ0n) is 21.8. The lowest BCUT2D eigenvalue weighted by molar-refractivity contribution is -0.145. The van der Waals surface area contributed by atoms with Crippen LogP contribution in [0.4, 0.5) is 0 Å². The van der Waals surface area contributed by atoms with Crippen molar-refractivity contribution in [3.8, 4) is 5.75 Å². The van der Waals surface area contributed by atoms with Crippen molar-refractivity contribution in [1.29, 1.82) is 0 Å². The number of thioether (sulfide) groups is 1. The molecule has 0 heterocycles. The molecule has 206 valence electrons. The molecule has 3 amide bonds. The van der Waals surface area contributed by atoms with Crippen LogP contribution in [0.5, 0.6) is 5.75 Å². The molecule has 9 nitrogen and oxygen atoms in total. The van der Waals surface area contributed by atoms with Crippen LogP contribution in [-0.4, -0.2) is 66.0 Å². The Balaban J connectivity index is 2.26. The third-order valence-electron chi connectivity index (χ3n) is 5.77. The first-order chi connectivity index (χ1) is 18.1. The molecule has 0 aliphatic heterocycles. The lowest BCUT2D eigenvalue weighted by Gasteiger charge is -2.26. The second kappa shape index (κ2) is 15.4. The van der Waals surface area contributed by atoms with Crippen molar-refractivity contribution >= 4 is 51.4 Å². The van der Waals surface area contributed by atoms with E-state index in [1.807, 2.05) is 36.6 Å². The van der Waals surface area contributed by atoms with Gasteiger partial charge in [0.05, 0.1) is 12.7 Å². The van der Waals surface area contributed by atoms with Gasteiger partial charge in [-0.25, -0.2) is 4.79 Å². The number of carbonyl (C=O) groups is 4. The number of phenols is 1. The monoisotopic (exact) mass is 607 g/mol. The summed E-state index contributed by atoms with van der Waals surface area (Å²) in [6.45, 7) is 3.51. The molecule has 2 rings (SSSR count). The maximum Gasteiger partial charge on any atom is 0.328 e. The fourth-order valence-corrected chi connectivity index (χ4v) is 4.50. The molecule has 0 fully saturated rings. The molecular formula is C27H34BrN3O6S. The van der Waals surface area contributed by atoms with Crippen molar-refractivity contribution < 1.29 is 29.0 Å². The Morgan fingerprint density at radius 2 is 1.63 bits per heavy atom. The minimum Gasteiger partial charge on any atom is -0.507 e. The number of rotatable bonds is 13. The molecule has 0 radical (unpaired) electrons. The molecule has 0 unspecified atom stereocenters. The highest BCUT2D eigenvalue weighted by Gasteiger charge is 2.31. The van der Waals surface area contributed by atoms with E-state index in [4.69, 9.17) is 4.74 Å². The van der Waals surface area contributed by atoms with Gasteiger partial charge in [0.25, 0.3) is 5.91 Å². The summed E-state index contributed by atoms with van der Waals surface area (Å²) in [6, 6.07) is 10.7. The second-order valence-electron chi connectivity index (χ2n) is 8.97. The third kappa shape index (κ3) is 9.36. The molecule has 11 heteroatoms. The number of amides is 3. The largest absolute Gasteiger partial charge is 0.507 e. The zero-order chi connectivity index (χ0) is 28.2. The van der Waals surface area contributed by atoms with Crippen LogP contribution >= 0.6 is 27.7 Å². The number of hydrogen-bond acceptors (Lipinski definition) is 7. The van der Waals surface area contributed by atoms with Gasteiger partial charge in [0.1, 0.15) is 23.9 Å². The Kier molecular flexibility index (Phi) is 12.6. The number of aromatic hydroxyl groups is 1. The summed E-state index contributed by atoms with van der Waals surface area (Å²) in [5, 5.41) is 18.2. The van der Waals surface area contributed by atoms with E-state index in [-0.39, 0.29) is 23.7 Å². The Bertz CT molecular complexity index is 1120. The third-order valence-corrected chi connectivity index (χ3v) is 6.90. The van der Waals surface area contributed by atoms with Crippen LogP contribution < -0.4 is 16.0 Å². The highest BCUT2D eigenvalue weighted by atomic mass is 79.9. The summed E-state index contributed by atoms with van der Waals surface area (Å²) >= 11 is 4.80. The molecule has 2 aromatic carbocycles. The summed E-state index contributed by atoms with van der Waals surface area (Å²) < 4.78 is 5.43. The molecule has 3 atom stereocenters. The van der Waals surface area contributed by atoms with Gasteiger partial charge in [-0.3, -0.25) is 14.4 Å². The highest BCUT2D eigenvalue weighted by Crippen LogP contribution is 2.22. The number of methoxy groups -OCH3 is 1. The van der Waals surface area contributed by atoms with Crippen molar-refractivity contribution in [1.82, 2.24) is 16.0 Å². The number of benzene rings is 2. The lowest BCUT2D eigenvalue weighted by atomic mass is 10.00. The molecule has 0 aromatic heterocycles. The van der Waals surface area contributed by atoms with Crippen LogP contribution in [0, 0.1) is 5.92 Å². The number of esters is 1. The minimum atomic E-state index is -1.02. The Morgan fingerprint density at radius 3 is 2.24 bits per heavy atom. The van der Waals surface area contributed by atoms with Crippen LogP contribution in [-0.2, 0) is 25.5 Å². The van der Waals surface area contributed by atoms with Gasteiger partial charge >= 0.3 is 5.97 Å². The van der Waals surface area contributed by atoms with Gasteiger partial charge in [-0.1, -0.05) is 60.1 Å². The quantitative estimate of drug-likeness (QED) is 0.257. The highest BCUT2D eigenvalue weighted by molar-refractivity contribution is 9.10. The number of carbonyl (C=O) groups excluding carboxylic acids is 4. The predicted octanol–water partition coefficient (Wildman–Crippen LogP) is 3.05. The van der Waals surface area contributed by atoms with Crippen molar-refractivity contribution in [3.63, 3.8) is 0 Å². The van der Waals surface area contributed by atoms with Gasteiger partial charge < -0.3 is 25.8 Å². The van der Waals surface area contributed by atoms with E-state index in [9.17, 15) is 24.3 Å². The Hall–Kier alpha value is -3.05. The molecule has 4 N–H and O–H groups in total. The standard InChI is InChI=1S/C27H34BrN3O6S/c1-16(2)23(31-24(33)19-15-18(28)10-11-22(19)32)26(35)30-21(14-17-8-6-5-7-9-17)25(34)29-20(12-13-38-4)27(36)37-3/h5-11,15-16,20-21,23,32H,12-14H2,1-4H3,(H,29,34)(H,30,35)(H,31,33)/t20-,21-,23-/m0/s1. The SMILES string of the molecule is COC(=O)[C@H](CCSC)NC(=O)[C@H](Cc1ccccc1)NC(=O)[C@@H](NC(=O)c1cc(Br)ccc1O)C(C)C. The number of nitrogens with one attached hydrogen (secondary N) is 3. The molecule has 0 spiro atoms. The van der Waals surface area contributed by atoms with Crippen LogP contribution in [0.1, 0.15) is 36.2 Å². The maximum atomic E-state index is 13.4. The summed E-state index contributed by atoms with van der Waals surface area (Å²) in [6.07, 6.45) is 2.43. The molecular weight excluding hydrogens is 574 g/mol. The first kappa shape index (κ1) is 31.2. The van der Waals surface area contributed by atoms with Crippen molar-refractivity contribution in [2.75, 3.05) is 19.1 Å². The molecule has 2 aromatic rings. The fraction of sp³-hybridized carbons (Fsp3) is 0.407. The summed E-state index contributed by atoms with van der Waals surface area (Å²) in [5.41, 5.74) is 0.807. The summed E-state index contributed by atoms with van der Waals surface area (Å²) in [5.74, 6) is -2.26. The fourth-order valence-electron chi connectivity index (χ4n) is 3.66. The van der Waals surface area contributed by atoms with Crippen LogP contribution in [0.25, 0.3) is 0 Å². The molecule has 0 saturated carbocycles. The van der Waals surface area contributed by atoms with E-state index < -0.39 is 41.8 Å². The van der Waals surface area contributed by atoms with Crippen molar-refractivity contribution in [2.24, 2.45) is 5.92 Å². The average molecular weight is 609 g/mol. The van der Waals surface area contributed by atoms with Gasteiger partial charge in [-0.15, -0.1) is 0 Å². The number of ether oxygens (including phenoxy) is 1. The van der Waals surface area contributed by atoms with Crippen molar-refractivity contribution in [2.45, 2.75) is 44.8 Å². The van der Waals surface area contributed by atoms with Gasteiger partial charge in [0.15, 0.2) is 0 Å².